The van der Waals surface area contributed by atoms with Crippen LogP contribution in [-0.2, 0) is 0 Å². The molecule has 20 heavy (non-hydrogen) atoms. The highest BCUT2D eigenvalue weighted by atomic mass is 16.3. The lowest BCUT2D eigenvalue weighted by atomic mass is 9.84. The van der Waals surface area contributed by atoms with Gasteiger partial charge >= 0.3 is 0 Å². The smallest absolute Gasteiger partial charge is 0.0616 e. The van der Waals surface area contributed by atoms with Gasteiger partial charge in [0.05, 0.1) is 6.61 Å². The monoisotopic (exact) mass is 282 g/mol. The van der Waals surface area contributed by atoms with E-state index in [0.29, 0.717) is 18.6 Å². The molecule has 0 spiro atoms. The Labute approximate surface area is 125 Å². The summed E-state index contributed by atoms with van der Waals surface area (Å²) in [7, 11) is 2.24. The minimum atomic E-state index is 0.0262. The Kier molecular flexibility index (Phi) is 5.14. The topological polar surface area (TPSA) is 35.5 Å². The van der Waals surface area contributed by atoms with E-state index in [1.807, 2.05) is 0 Å². The van der Waals surface area contributed by atoms with Crippen molar-refractivity contribution in [3.8, 4) is 0 Å². The van der Waals surface area contributed by atoms with E-state index < -0.39 is 0 Å². The molecular formula is C17H34N2O. The maximum Gasteiger partial charge on any atom is 0.0616 e. The highest BCUT2D eigenvalue weighted by molar-refractivity contribution is 5.03. The van der Waals surface area contributed by atoms with Crippen molar-refractivity contribution in [3.63, 3.8) is 0 Å². The Hall–Kier alpha value is -0.120. The van der Waals surface area contributed by atoms with E-state index in [0.717, 1.165) is 13.0 Å². The van der Waals surface area contributed by atoms with Gasteiger partial charge in [-0.25, -0.2) is 0 Å². The van der Waals surface area contributed by atoms with Crippen molar-refractivity contribution in [2.24, 2.45) is 5.92 Å². The summed E-state index contributed by atoms with van der Waals surface area (Å²) >= 11 is 0. The molecule has 3 nitrogen and oxygen atoms in total. The molecule has 0 aromatic carbocycles. The molecule has 2 fully saturated rings. The second-order valence-corrected chi connectivity index (χ2v) is 7.70. The zero-order chi connectivity index (χ0) is 14.8. The first-order valence-electron chi connectivity index (χ1n) is 8.53. The third-order valence-corrected chi connectivity index (χ3v) is 6.02. The molecule has 2 unspecified atom stereocenters. The summed E-state index contributed by atoms with van der Waals surface area (Å²) in [5.74, 6) is 0.642. The minimum Gasteiger partial charge on any atom is -0.394 e. The van der Waals surface area contributed by atoms with Crippen LogP contribution in [0.15, 0.2) is 0 Å². The first-order valence-corrected chi connectivity index (χ1v) is 8.53. The molecule has 0 bridgehead atoms. The number of hydrogen-bond acceptors (Lipinski definition) is 3. The van der Waals surface area contributed by atoms with Gasteiger partial charge in [-0.05, 0) is 71.9 Å². The average Bonchev–Trinajstić information content (AvgIpc) is 3.15. The maximum absolute atomic E-state index is 9.96. The molecular weight excluding hydrogens is 248 g/mol. The lowest BCUT2D eigenvalue weighted by molar-refractivity contribution is 0.0937. The van der Waals surface area contributed by atoms with E-state index in [2.05, 4.69) is 38.0 Å². The zero-order valence-corrected chi connectivity index (χ0v) is 13.9. The summed E-state index contributed by atoms with van der Waals surface area (Å²) in [6.45, 7) is 8.36. The summed E-state index contributed by atoms with van der Waals surface area (Å²) in [4.78, 5) is 2.49. The number of nitrogens with zero attached hydrogens (tertiary/aromatic N) is 1. The molecule has 2 N–H and O–H groups in total. The molecule has 2 rings (SSSR count). The molecule has 3 heteroatoms. The molecule has 0 saturated heterocycles. The summed E-state index contributed by atoms with van der Waals surface area (Å²) in [6, 6.07) is 0.688. The van der Waals surface area contributed by atoms with Gasteiger partial charge in [-0.2, -0.15) is 0 Å². The fraction of sp³-hybridized carbons (Fsp3) is 1.00. The van der Waals surface area contributed by atoms with Gasteiger partial charge in [-0.15, -0.1) is 0 Å². The molecule has 2 aliphatic rings. The number of nitrogens with one attached hydrogen (secondary N) is 1. The van der Waals surface area contributed by atoms with E-state index in [-0.39, 0.29) is 11.1 Å². The van der Waals surface area contributed by atoms with Crippen LogP contribution in [0.3, 0.4) is 0 Å². The number of aliphatic hydroxyl groups excluding tert-OH is 1. The summed E-state index contributed by atoms with van der Waals surface area (Å²) in [5, 5.41) is 13.7. The number of rotatable bonds is 8. The summed E-state index contributed by atoms with van der Waals surface area (Å²) in [5.41, 5.74) is 0.308. The third kappa shape index (κ3) is 3.55. The average molecular weight is 282 g/mol. The molecule has 2 aliphatic carbocycles. The van der Waals surface area contributed by atoms with Crippen LogP contribution in [0.2, 0.25) is 0 Å². The Balaban J connectivity index is 1.90. The lowest BCUT2D eigenvalue weighted by Crippen LogP contribution is -2.53. The third-order valence-electron chi connectivity index (χ3n) is 6.02. The molecule has 0 amide bonds. The molecule has 2 saturated carbocycles. The van der Waals surface area contributed by atoms with Gasteiger partial charge in [-0.1, -0.05) is 13.3 Å². The highest BCUT2D eigenvalue weighted by Crippen LogP contribution is 2.40. The van der Waals surface area contributed by atoms with Crippen LogP contribution in [-0.4, -0.2) is 47.3 Å². The molecule has 0 heterocycles. The molecule has 2 atom stereocenters. The van der Waals surface area contributed by atoms with Gasteiger partial charge < -0.3 is 15.3 Å². The van der Waals surface area contributed by atoms with Crippen molar-refractivity contribution >= 4 is 0 Å². The van der Waals surface area contributed by atoms with Crippen molar-refractivity contribution in [1.82, 2.24) is 10.2 Å². The van der Waals surface area contributed by atoms with Crippen LogP contribution in [0.1, 0.15) is 65.7 Å². The fourth-order valence-electron chi connectivity index (χ4n) is 3.57. The van der Waals surface area contributed by atoms with Crippen molar-refractivity contribution < 1.29 is 5.11 Å². The lowest BCUT2D eigenvalue weighted by Gasteiger charge is -2.39. The van der Waals surface area contributed by atoms with E-state index in [1.165, 1.54) is 38.5 Å². The van der Waals surface area contributed by atoms with Crippen LogP contribution in [0.25, 0.3) is 0 Å². The predicted molar refractivity (Wildman–Crippen MR) is 84.9 cm³/mol. The van der Waals surface area contributed by atoms with Gasteiger partial charge in [0.25, 0.3) is 0 Å². The van der Waals surface area contributed by atoms with Crippen LogP contribution in [0.4, 0.5) is 0 Å². The normalized spacial score (nSPS) is 31.2. The van der Waals surface area contributed by atoms with Gasteiger partial charge in [0, 0.05) is 17.1 Å². The maximum atomic E-state index is 9.96. The Morgan fingerprint density at radius 3 is 2.55 bits per heavy atom. The van der Waals surface area contributed by atoms with E-state index >= 15 is 0 Å². The number of aliphatic hydroxyl groups is 1. The largest absolute Gasteiger partial charge is 0.394 e. The molecule has 0 aromatic heterocycles. The van der Waals surface area contributed by atoms with Crippen LogP contribution in [0, 0.1) is 5.92 Å². The van der Waals surface area contributed by atoms with Crippen molar-refractivity contribution in [2.45, 2.75) is 82.8 Å². The quantitative estimate of drug-likeness (QED) is 0.718. The second-order valence-electron chi connectivity index (χ2n) is 7.70. The Bertz CT molecular complexity index is 314. The molecule has 0 aromatic rings. The SMILES string of the molecule is CCC(C)(C)N(C)CCC1CCCC1(CO)NC1CC1. The van der Waals surface area contributed by atoms with Crippen molar-refractivity contribution in [1.29, 1.82) is 0 Å². The van der Waals surface area contributed by atoms with Crippen LogP contribution in [0.5, 0.6) is 0 Å². The minimum absolute atomic E-state index is 0.0262. The molecule has 0 radical (unpaired) electrons. The van der Waals surface area contributed by atoms with Gasteiger partial charge in [0.1, 0.15) is 0 Å². The highest BCUT2D eigenvalue weighted by Gasteiger charge is 2.45. The van der Waals surface area contributed by atoms with Gasteiger partial charge in [0.15, 0.2) is 0 Å². The zero-order valence-electron chi connectivity index (χ0n) is 13.9. The second kappa shape index (κ2) is 6.33. The standard InChI is InChI=1S/C17H34N2O/c1-5-16(2,3)19(4)12-10-14-7-6-11-17(14,13-20)18-15-8-9-15/h14-15,18,20H,5-13H2,1-4H3. The summed E-state index contributed by atoms with van der Waals surface area (Å²) < 4.78 is 0. The van der Waals surface area contributed by atoms with E-state index in [9.17, 15) is 5.11 Å². The predicted octanol–water partition coefficient (Wildman–Crippen LogP) is 2.78. The molecule has 0 aliphatic heterocycles. The Morgan fingerprint density at radius 1 is 1.30 bits per heavy atom. The number of hydrogen-bond donors (Lipinski definition) is 2. The van der Waals surface area contributed by atoms with E-state index in [4.69, 9.17) is 0 Å². The first-order chi connectivity index (χ1) is 9.43. The van der Waals surface area contributed by atoms with Crippen molar-refractivity contribution in [2.75, 3.05) is 20.2 Å². The summed E-state index contributed by atoms with van der Waals surface area (Å²) in [6.07, 6.45) is 8.70. The fourth-order valence-corrected chi connectivity index (χ4v) is 3.57. The Morgan fingerprint density at radius 2 is 2.00 bits per heavy atom. The van der Waals surface area contributed by atoms with Gasteiger partial charge in [0.2, 0.25) is 0 Å². The first kappa shape index (κ1) is 16.3. The van der Waals surface area contributed by atoms with Crippen molar-refractivity contribution in [3.05, 3.63) is 0 Å². The van der Waals surface area contributed by atoms with Gasteiger partial charge in [-0.3, -0.25) is 0 Å². The van der Waals surface area contributed by atoms with E-state index in [1.54, 1.807) is 0 Å². The van der Waals surface area contributed by atoms with Crippen LogP contribution >= 0.6 is 0 Å². The molecule has 118 valence electrons. The van der Waals surface area contributed by atoms with Crippen LogP contribution < -0.4 is 5.32 Å².